The molecule has 3 amide bonds. The van der Waals surface area contributed by atoms with Crippen LogP contribution >= 0.6 is 0 Å². The molecule has 1 unspecified atom stereocenters. The number of hydrogen-bond donors (Lipinski definition) is 1. The van der Waals surface area contributed by atoms with Gasteiger partial charge in [0.15, 0.2) is 0 Å². The average molecular weight is 286 g/mol. The molecule has 0 aliphatic rings. The molecule has 0 bridgehead atoms. The van der Waals surface area contributed by atoms with Crippen molar-refractivity contribution in [1.82, 2.24) is 15.1 Å². The van der Waals surface area contributed by atoms with E-state index < -0.39 is 6.09 Å². The first-order chi connectivity index (χ1) is 9.00. The van der Waals surface area contributed by atoms with Gasteiger partial charge in [0.2, 0.25) is 5.96 Å². The summed E-state index contributed by atoms with van der Waals surface area (Å²) in [7, 11) is 6.17. The van der Waals surface area contributed by atoms with Crippen LogP contribution in [0, 0.1) is 5.41 Å². The van der Waals surface area contributed by atoms with Crippen molar-refractivity contribution in [2.45, 2.75) is 33.7 Å². The molecule has 0 rings (SSSR count). The van der Waals surface area contributed by atoms with Crippen LogP contribution in [0.25, 0.3) is 0 Å². The topological polar surface area (TPSA) is 74.2 Å². The third-order valence-corrected chi connectivity index (χ3v) is 3.01. The number of carbonyl (C=O) groups is 2. The predicted molar refractivity (Wildman–Crippen MR) is 78.7 cm³/mol. The first-order valence-electron chi connectivity index (χ1n) is 6.38. The van der Waals surface area contributed by atoms with Gasteiger partial charge in [-0.3, -0.25) is 4.90 Å². The molecule has 0 aromatic heterocycles. The number of hydrogen-bond acceptors (Lipinski definition) is 3. The summed E-state index contributed by atoms with van der Waals surface area (Å²) in [4.78, 5) is 30.0. The number of nitrogens with zero attached hydrogens (tertiary/aromatic N) is 3. The van der Waals surface area contributed by atoms with Crippen LogP contribution in [0.2, 0.25) is 0 Å². The summed E-state index contributed by atoms with van der Waals surface area (Å²) in [5, 5.41) is 2.87. The summed E-state index contributed by atoms with van der Waals surface area (Å²) in [6.45, 7) is 8.03. The van der Waals surface area contributed by atoms with E-state index in [0.29, 0.717) is 0 Å². The molecule has 7 nitrogen and oxygen atoms in total. The lowest BCUT2D eigenvalue weighted by molar-refractivity contribution is 0.181. The maximum atomic E-state index is 12.2. The highest BCUT2D eigenvalue weighted by molar-refractivity contribution is 5.99. The fraction of sp³-hybridized carbons (Fsp3) is 0.769. The van der Waals surface area contributed by atoms with Crippen LogP contribution in [0.5, 0.6) is 0 Å². The van der Waals surface area contributed by atoms with Gasteiger partial charge in [-0.2, -0.15) is 0 Å². The van der Waals surface area contributed by atoms with Crippen molar-refractivity contribution >= 4 is 18.1 Å². The van der Waals surface area contributed by atoms with Gasteiger partial charge >= 0.3 is 12.1 Å². The molecule has 0 saturated carbocycles. The summed E-state index contributed by atoms with van der Waals surface area (Å²) in [5.41, 5.74) is -0.0612. The van der Waals surface area contributed by atoms with Crippen LogP contribution < -0.4 is 5.32 Å². The Labute approximate surface area is 121 Å². The zero-order valence-electron chi connectivity index (χ0n) is 13.6. The fourth-order valence-corrected chi connectivity index (χ4v) is 1.19. The lowest BCUT2D eigenvalue weighted by atomic mass is 9.88. The van der Waals surface area contributed by atoms with Crippen molar-refractivity contribution in [3.8, 4) is 0 Å². The SMILES string of the molecule is COC(=O)N=C(N(C)C)N(C)C(=O)NC(C)C(C)(C)C. The highest BCUT2D eigenvalue weighted by Gasteiger charge is 2.25. The van der Waals surface area contributed by atoms with Crippen LogP contribution in [-0.4, -0.2) is 62.2 Å². The zero-order valence-corrected chi connectivity index (χ0v) is 13.6. The molecule has 0 saturated heterocycles. The number of aliphatic imine (C=N–C) groups is 1. The summed E-state index contributed by atoms with van der Waals surface area (Å²) in [5.74, 6) is 0.204. The second-order valence-corrected chi connectivity index (χ2v) is 5.87. The van der Waals surface area contributed by atoms with Gasteiger partial charge in [-0.25, -0.2) is 9.59 Å². The van der Waals surface area contributed by atoms with Crippen LogP contribution in [0.3, 0.4) is 0 Å². The molecule has 0 spiro atoms. The molecule has 116 valence electrons. The first-order valence-corrected chi connectivity index (χ1v) is 6.38. The fourth-order valence-electron chi connectivity index (χ4n) is 1.19. The molecule has 0 heterocycles. The lowest BCUT2D eigenvalue weighted by Crippen LogP contribution is -2.51. The highest BCUT2D eigenvalue weighted by Crippen LogP contribution is 2.18. The van der Waals surface area contributed by atoms with Crippen molar-refractivity contribution in [3.63, 3.8) is 0 Å². The Morgan fingerprint density at radius 3 is 2.05 bits per heavy atom. The molecule has 1 N–H and O–H groups in total. The van der Waals surface area contributed by atoms with Gasteiger partial charge in [-0.05, 0) is 12.3 Å². The Morgan fingerprint density at radius 2 is 1.70 bits per heavy atom. The molecule has 0 radical (unpaired) electrons. The molecule has 0 aromatic carbocycles. The van der Waals surface area contributed by atoms with Crippen LogP contribution in [-0.2, 0) is 4.74 Å². The van der Waals surface area contributed by atoms with E-state index in [1.807, 2.05) is 27.7 Å². The summed E-state index contributed by atoms with van der Waals surface area (Å²) >= 11 is 0. The van der Waals surface area contributed by atoms with E-state index in [-0.39, 0.29) is 23.4 Å². The summed E-state index contributed by atoms with van der Waals surface area (Å²) in [6, 6.07) is -0.359. The molecule has 1 atom stereocenters. The van der Waals surface area contributed by atoms with Crippen LogP contribution in [0.1, 0.15) is 27.7 Å². The van der Waals surface area contributed by atoms with Gasteiger partial charge in [0.05, 0.1) is 7.11 Å². The smallest absolute Gasteiger partial charge is 0.436 e. The van der Waals surface area contributed by atoms with Gasteiger partial charge in [0.25, 0.3) is 0 Å². The summed E-state index contributed by atoms with van der Waals surface area (Å²) < 4.78 is 4.48. The van der Waals surface area contributed by atoms with Crippen molar-refractivity contribution in [2.24, 2.45) is 10.4 Å². The van der Waals surface area contributed by atoms with E-state index in [2.05, 4.69) is 15.0 Å². The predicted octanol–water partition coefficient (Wildman–Crippen LogP) is 1.75. The number of methoxy groups -OCH3 is 1. The van der Waals surface area contributed by atoms with Gasteiger partial charge in [0.1, 0.15) is 0 Å². The van der Waals surface area contributed by atoms with E-state index in [1.54, 1.807) is 26.0 Å². The highest BCUT2D eigenvalue weighted by atomic mass is 16.5. The second-order valence-electron chi connectivity index (χ2n) is 5.87. The van der Waals surface area contributed by atoms with Crippen molar-refractivity contribution in [3.05, 3.63) is 0 Å². The van der Waals surface area contributed by atoms with Crippen LogP contribution in [0.4, 0.5) is 9.59 Å². The lowest BCUT2D eigenvalue weighted by Gasteiger charge is -2.31. The van der Waals surface area contributed by atoms with E-state index in [1.165, 1.54) is 12.0 Å². The molecular formula is C13H26N4O3. The van der Waals surface area contributed by atoms with Gasteiger partial charge in [-0.15, -0.1) is 4.99 Å². The van der Waals surface area contributed by atoms with Crippen LogP contribution in [0.15, 0.2) is 4.99 Å². The minimum Gasteiger partial charge on any atom is -0.451 e. The minimum atomic E-state index is -0.753. The molecule has 0 aliphatic heterocycles. The van der Waals surface area contributed by atoms with Gasteiger partial charge in [0, 0.05) is 27.2 Å². The number of nitrogens with one attached hydrogen (secondary N) is 1. The van der Waals surface area contributed by atoms with Crippen molar-refractivity contribution < 1.29 is 14.3 Å². The quantitative estimate of drug-likeness (QED) is 0.588. The maximum absolute atomic E-state index is 12.2. The Balaban J connectivity index is 5.01. The number of ether oxygens (including phenoxy) is 1. The Hall–Kier alpha value is -1.79. The average Bonchev–Trinajstić information content (AvgIpc) is 2.32. The number of amides is 3. The van der Waals surface area contributed by atoms with E-state index >= 15 is 0 Å². The van der Waals surface area contributed by atoms with Crippen molar-refractivity contribution in [1.29, 1.82) is 0 Å². The number of urea groups is 1. The molecule has 7 heteroatoms. The molecule has 0 fully saturated rings. The molecule has 0 aliphatic carbocycles. The standard InChI is InChI=1S/C13H26N4O3/c1-9(13(2,3)4)14-11(18)17(7)10(16(5)6)15-12(19)20-8/h9H,1-8H3,(H,14,18). The Kier molecular flexibility index (Phi) is 6.48. The monoisotopic (exact) mass is 286 g/mol. The third kappa shape index (κ3) is 5.46. The second kappa shape index (κ2) is 7.12. The summed E-state index contributed by atoms with van der Waals surface area (Å²) in [6.07, 6.45) is -0.753. The maximum Gasteiger partial charge on any atom is 0.436 e. The Morgan fingerprint density at radius 1 is 1.20 bits per heavy atom. The number of carbonyl (C=O) groups excluding carboxylic acids is 2. The molecule has 20 heavy (non-hydrogen) atoms. The first kappa shape index (κ1) is 18.2. The van der Waals surface area contributed by atoms with Gasteiger partial charge < -0.3 is 15.0 Å². The van der Waals surface area contributed by atoms with E-state index in [9.17, 15) is 9.59 Å². The van der Waals surface area contributed by atoms with E-state index in [0.717, 1.165) is 0 Å². The van der Waals surface area contributed by atoms with E-state index in [4.69, 9.17) is 0 Å². The normalized spacial score (nSPS) is 13.5. The third-order valence-electron chi connectivity index (χ3n) is 3.01. The molecule has 0 aromatic rings. The number of rotatable bonds is 1. The zero-order chi connectivity index (χ0) is 16.1. The minimum absolute atomic E-state index is 0.0287. The largest absolute Gasteiger partial charge is 0.451 e. The number of guanidine groups is 1. The van der Waals surface area contributed by atoms with Crippen molar-refractivity contribution in [2.75, 3.05) is 28.3 Å². The Bertz CT molecular complexity index is 386. The van der Waals surface area contributed by atoms with Gasteiger partial charge in [-0.1, -0.05) is 20.8 Å². The molecular weight excluding hydrogens is 260 g/mol.